The van der Waals surface area contributed by atoms with Crippen molar-refractivity contribution in [2.45, 2.75) is 36.2 Å². The number of aromatic nitrogens is 2. The molecule has 0 saturated heterocycles. The lowest BCUT2D eigenvalue weighted by Crippen LogP contribution is -2.17. The van der Waals surface area contributed by atoms with Crippen LogP contribution in [0.4, 0.5) is 4.39 Å². The molecule has 2 N–H and O–H groups in total. The van der Waals surface area contributed by atoms with Crippen LogP contribution in [-0.4, -0.2) is 15.8 Å². The Bertz CT molecular complexity index is 578. The highest BCUT2D eigenvalue weighted by molar-refractivity contribution is 7.99. The van der Waals surface area contributed by atoms with Crippen LogP contribution in [0.1, 0.15) is 18.2 Å². The molecule has 0 aliphatic carbocycles. The maximum Gasteiger partial charge on any atom is 0.137 e. The lowest BCUT2D eigenvalue weighted by Gasteiger charge is -2.08. The quantitative estimate of drug-likeness (QED) is 0.936. The van der Waals surface area contributed by atoms with Crippen LogP contribution in [0.3, 0.4) is 0 Å². The van der Waals surface area contributed by atoms with Gasteiger partial charge in [0.05, 0.1) is 10.7 Å². The summed E-state index contributed by atoms with van der Waals surface area (Å²) >= 11 is 1.38. The number of hydrogen-bond donors (Lipinski definition) is 1. The molecule has 19 heavy (non-hydrogen) atoms. The van der Waals surface area contributed by atoms with E-state index in [2.05, 4.69) is 5.10 Å². The minimum atomic E-state index is -0.206. The summed E-state index contributed by atoms with van der Waals surface area (Å²) in [5, 5.41) is 5.18. The molecule has 5 heteroatoms. The van der Waals surface area contributed by atoms with Crippen LogP contribution in [0.2, 0.25) is 0 Å². The van der Waals surface area contributed by atoms with Gasteiger partial charge in [-0.2, -0.15) is 5.10 Å². The lowest BCUT2D eigenvalue weighted by atomic mass is 10.1. The van der Waals surface area contributed by atoms with Crippen molar-refractivity contribution in [1.29, 1.82) is 0 Å². The van der Waals surface area contributed by atoms with Crippen molar-refractivity contribution in [3.8, 4) is 0 Å². The summed E-state index contributed by atoms with van der Waals surface area (Å²) in [6, 6.07) is 7.28. The monoisotopic (exact) mass is 279 g/mol. The first-order valence-electron chi connectivity index (χ1n) is 6.18. The van der Waals surface area contributed by atoms with Crippen LogP contribution in [-0.2, 0) is 13.5 Å². The van der Waals surface area contributed by atoms with Gasteiger partial charge in [0.1, 0.15) is 5.82 Å². The Morgan fingerprint density at radius 1 is 1.42 bits per heavy atom. The van der Waals surface area contributed by atoms with E-state index in [4.69, 9.17) is 5.73 Å². The van der Waals surface area contributed by atoms with Crippen molar-refractivity contribution in [2.24, 2.45) is 12.8 Å². The molecular formula is C14H18FN3S. The van der Waals surface area contributed by atoms with Gasteiger partial charge in [-0.1, -0.05) is 17.8 Å². The Balaban J connectivity index is 2.19. The van der Waals surface area contributed by atoms with Crippen molar-refractivity contribution < 1.29 is 4.39 Å². The number of halogens is 1. The highest BCUT2D eigenvalue weighted by atomic mass is 32.2. The maximum absolute atomic E-state index is 14.0. The summed E-state index contributed by atoms with van der Waals surface area (Å²) in [6.45, 7) is 3.84. The molecule has 1 aromatic heterocycles. The van der Waals surface area contributed by atoms with Crippen LogP contribution in [0.5, 0.6) is 0 Å². The molecule has 102 valence electrons. The fraction of sp³-hybridized carbons (Fsp3) is 0.357. The van der Waals surface area contributed by atoms with Crippen LogP contribution >= 0.6 is 11.8 Å². The highest BCUT2D eigenvalue weighted by Gasteiger charge is 2.10. The Labute approximate surface area is 117 Å². The van der Waals surface area contributed by atoms with E-state index in [1.165, 1.54) is 11.8 Å². The summed E-state index contributed by atoms with van der Waals surface area (Å²) in [5.41, 5.74) is 7.58. The van der Waals surface area contributed by atoms with Gasteiger partial charge in [-0.05, 0) is 44.0 Å². The van der Waals surface area contributed by atoms with Gasteiger partial charge in [-0.15, -0.1) is 0 Å². The summed E-state index contributed by atoms with van der Waals surface area (Å²) in [4.78, 5) is 0.608. The van der Waals surface area contributed by atoms with E-state index in [0.717, 1.165) is 16.3 Å². The number of nitrogens with two attached hydrogens (primary N) is 1. The van der Waals surface area contributed by atoms with Gasteiger partial charge < -0.3 is 5.73 Å². The molecule has 1 heterocycles. The van der Waals surface area contributed by atoms with Gasteiger partial charge >= 0.3 is 0 Å². The topological polar surface area (TPSA) is 43.8 Å². The van der Waals surface area contributed by atoms with E-state index in [0.29, 0.717) is 11.3 Å². The standard InChI is InChI=1S/C14H18FN3S/c1-9(16)6-11-4-5-13(12(15)8-11)19-14-7-10(2)17-18(14)3/h4-5,7-9H,6,16H2,1-3H3. The van der Waals surface area contributed by atoms with Crippen LogP contribution in [0.25, 0.3) is 0 Å². The normalized spacial score (nSPS) is 12.7. The second-order valence-corrected chi connectivity index (χ2v) is 5.86. The van der Waals surface area contributed by atoms with Gasteiger partial charge in [0, 0.05) is 18.0 Å². The van der Waals surface area contributed by atoms with E-state index in [-0.39, 0.29) is 11.9 Å². The van der Waals surface area contributed by atoms with E-state index in [9.17, 15) is 4.39 Å². The van der Waals surface area contributed by atoms with E-state index in [1.54, 1.807) is 16.8 Å². The fourth-order valence-corrected chi connectivity index (χ4v) is 2.84. The average Bonchev–Trinajstić information content (AvgIpc) is 2.60. The largest absolute Gasteiger partial charge is 0.328 e. The summed E-state index contributed by atoms with van der Waals surface area (Å²) in [6.07, 6.45) is 0.687. The first kappa shape index (κ1) is 14.1. The SMILES string of the molecule is Cc1cc(Sc2ccc(CC(C)N)cc2F)n(C)n1. The zero-order valence-corrected chi connectivity index (χ0v) is 12.2. The maximum atomic E-state index is 14.0. The van der Waals surface area contributed by atoms with E-state index < -0.39 is 0 Å². The number of hydrogen-bond acceptors (Lipinski definition) is 3. The van der Waals surface area contributed by atoms with Crippen molar-refractivity contribution in [1.82, 2.24) is 9.78 Å². The second kappa shape index (κ2) is 5.75. The minimum Gasteiger partial charge on any atom is -0.328 e. The Hall–Kier alpha value is -1.33. The Kier molecular flexibility index (Phi) is 4.27. The molecule has 2 rings (SSSR count). The summed E-state index contributed by atoms with van der Waals surface area (Å²) in [7, 11) is 1.86. The molecule has 0 aliphatic heterocycles. The first-order valence-corrected chi connectivity index (χ1v) is 7.00. The second-order valence-electron chi connectivity index (χ2n) is 4.80. The third-order valence-electron chi connectivity index (χ3n) is 2.73. The Morgan fingerprint density at radius 3 is 2.68 bits per heavy atom. The minimum absolute atomic E-state index is 0.0395. The predicted octanol–water partition coefficient (Wildman–Crippen LogP) is 2.91. The van der Waals surface area contributed by atoms with Gasteiger partial charge in [-0.25, -0.2) is 4.39 Å². The van der Waals surface area contributed by atoms with Crippen LogP contribution in [0.15, 0.2) is 34.2 Å². The van der Waals surface area contributed by atoms with Crippen molar-refractivity contribution in [3.63, 3.8) is 0 Å². The number of rotatable bonds is 4. The molecule has 1 atom stereocenters. The molecule has 0 amide bonds. The smallest absolute Gasteiger partial charge is 0.137 e. The Morgan fingerprint density at radius 2 is 2.16 bits per heavy atom. The van der Waals surface area contributed by atoms with Crippen molar-refractivity contribution >= 4 is 11.8 Å². The first-order chi connectivity index (χ1) is 8.95. The molecule has 0 radical (unpaired) electrons. The summed E-state index contributed by atoms with van der Waals surface area (Å²) in [5.74, 6) is -0.206. The van der Waals surface area contributed by atoms with Crippen molar-refractivity contribution in [2.75, 3.05) is 0 Å². The van der Waals surface area contributed by atoms with Crippen LogP contribution < -0.4 is 5.73 Å². The molecule has 1 aromatic carbocycles. The summed E-state index contributed by atoms with van der Waals surface area (Å²) < 4.78 is 15.8. The predicted molar refractivity (Wildman–Crippen MR) is 75.8 cm³/mol. The zero-order valence-electron chi connectivity index (χ0n) is 11.4. The highest BCUT2D eigenvalue weighted by Crippen LogP contribution is 2.30. The zero-order chi connectivity index (χ0) is 14.0. The third kappa shape index (κ3) is 3.58. The van der Waals surface area contributed by atoms with E-state index >= 15 is 0 Å². The molecule has 0 fully saturated rings. The van der Waals surface area contributed by atoms with Crippen molar-refractivity contribution in [3.05, 3.63) is 41.3 Å². The molecule has 3 nitrogen and oxygen atoms in total. The number of benzene rings is 1. The third-order valence-corrected chi connectivity index (χ3v) is 3.87. The average molecular weight is 279 g/mol. The lowest BCUT2D eigenvalue weighted by molar-refractivity contribution is 0.596. The number of aryl methyl sites for hydroxylation is 2. The molecule has 0 bridgehead atoms. The molecule has 0 saturated carbocycles. The van der Waals surface area contributed by atoms with Gasteiger partial charge in [0.15, 0.2) is 0 Å². The molecule has 0 aliphatic rings. The van der Waals surface area contributed by atoms with Gasteiger partial charge in [0.2, 0.25) is 0 Å². The van der Waals surface area contributed by atoms with Crippen LogP contribution in [0, 0.1) is 12.7 Å². The molecule has 2 aromatic rings. The fourth-order valence-electron chi connectivity index (χ4n) is 1.92. The molecule has 0 spiro atoms. The van der Waals surface area contributed by atoms with Gasteiger partial charge in [-0.3, -0.25) is 4.68 Å². The number of nitrogens with zero attached hydrogens (tertiary/aromatic N) is 2. The molecule has 1 unspecified atom stereocenters. The van der Waals surface area contributed by atoms with E-state index in [1.807, 2.05) is 33.0 Å². The van der Waals surface area contributed by atoms with Gasteiger partial charge in [0.25, 0.3) is 0 Å². The molecular weight excluding hydrogens is 261 g/mol.